The first-order valence-corrected chi connectivity index (χ1v) is 7.99. The van der Waals surface area contributed by atoms with Crippen molar-refractivity contribution in [3.63, 3.8) is 0 Å². The molecule has 0 radical (unpaired) electrons. The van der Waals surface area contributed by atoms with Gasteiger partial charge in [0.1, 0.15) is 16.5 Å². The lowest BCUT2D eigenvalue weighted by Gasteiger charge is -2.14. The first-order chi connectivity index (χ1) is 10.1. The van der Waals surface area contributed by atoms with Crippen LogP contribution in [0.2, 0.25) is 0 Å². The predicted octanol–water partition coefficient (Wildman–Crippen LogP) is 4.52. The molecule has 3 rings (SSSR count). The van der Waals surface area contributed by atoms with Gasteiger partial charge in [-0.25, -0.2) is 9.97 Å². The Morgan fingerprint density at radius 2 is 1.90 bits per heavy atom. The van der Waals surface area contributed by atoms with Crippen LogP contribution < -0.4 is 5.32 Å². The second-order valence-corrected chi connectivity index (χ2v) is 6.62. The summed E-state index contributed by atoms with van der Waals surface area (Å²) in [6.07, 6.45) is 0. The van der Waals surface area contributed by atoms with Crippen molar-refractivity contribution >= 4 is 27.4 Å². The van der Waals surface area contributed by atoms with Crippen molar-refractivity contribution < 1.29 is 0 Å². The highest BCUT2D eigenvalue weighted by Gasteiger charge is 2.10. The minimum Gasteiger partial charge on any atom is -0.369 e. The molecular weight excluding hydrogens is 278 g/mol. The third-order valence-corrected chi connectivity index (χ3v) is 4.52. The highest BCUT2D eigenvalue weighted by molar-refractivity contribution is 7.18. The summed E-state index contributed by atoms with van der Waals surface area (Å²) in [5.74, 6) is 2.21. The molecule has 1 N–H and O–H groups in total. The number of nitrogens with one attached hydrogen (secondary N) is 1. The van der Waals surface area contributed by atoms with E-state index in [1.807, 2.05) is 6.92 Å². The predicted molar refractivity (Wildman–Crippen MR) is 90.2 cm³/mol. The van der Waals surface area contributed by atoms with Gasteiger partial charge < -0.3 is 5.32 Å². The molecule has 1 unspecified atom stereocenters. The number of benzene rings is 1. The van der Waals surface area contributed by atoms with E-state index < -0.39 is 0 Å². The number of hydrogen-bond donors (Lipinski definition) is 1. The van der Waals surface area contributed by atoms with E-state index in [9.17, 15) is 0 Å². The smallest absolute Gasteiger partial charge is 0.138 e. The zero-order valence-corrected chi connectivity index (χ0v) is 13.4. The summed E-state index contributed by atoms with van der Waals surface area (Å²) in [4.78, 5) is 11.4. The maximum absolute atomic E-state index is 4.56. The lowest BCUT2D eigenvalue weighted by Crippen LogP contribution is -2.11. The third-order valence-electron chi connectivity index (χ3n) is 3.57. The standard InChI is InChI=1S/C17H19N3S/c1-11(14-7-5-4-6-8-14)10-18-16-15-9-12(2)21-17(15)20-13(3)19-16/h4-9,11H,10H2,1-3H3,(H,18,19,20). The lowest BCUT2D eigenvalue weighted by atomic mass is 10.0. The zero-order chi connectivity index (χ0) is 14.8. The Morgan fingerprint density at radius 1 is 1.14 bits per heavy atom. The molecule has 108 valence electrons. The monoisotopic (exact) mass is 297 g/mol. The van der Waals surface area contributed by atoms with Gasteiger partial charge in [0.25, 0.3) is 0 Å². The summed E-state index contributed by atoms with van der Waals surface area (Å²) in [6.45, 7) is 7.15. The van der Waals surface area contributed by atoms with E-state index in [2.05, 4.69) is 65.5 Å². The fourth-order valence-corrected chi connectivity index (χ4v) is 3.36. The normalized spacial score (nSPS) is 12.5. The fraction of sp³-hybridized carbons (Fsp3) is 0.294. The Hall–Kier alpha value is -1.94. The van der Waals surface area contributed by atoms with Crippen LogP contribution in [0.4, 0.5) is 5.82 Å². The van der Waals surface area contributed by atoms with E-state index in [1.165, 1.54) is 10.4 Å². The number of fused-ring (bicyclic) bond motifs is 1. The molecule has 2 aromatic heterocycles. The molecule has 0 aliphatic carbocycles. The van der Waals surface area contributed by atoms with Crippen LogP contribution >= 0.6 is 11.3 Å². The fourth-order valence-electron chi connectivity index (χ4n) is 2.43. The maximum atomic E-state index is 4.56. The molecule has 3 aromatic rings. The van der Waals surface area contributed by atoms with Crippen LogP contribution in [0.3, 0.4) is 0 Å². The van der Waals surface area contributed by atoms with E-state index in [-0.39, 0.29) is 0 Å². The zero-order valence-electron chi connectivity index (χ0n) is 12.6. The number of nitrogens with zero attached hydrogens (tertiary/aromatic N) is 2. The van der Waals surface area contributed by atoms with Crippen molar-refractivity contribution in [2.24, 2.45) is 0 Å². The van der Waals surface area contributed by atoms with Crippen LogP contribution in [0.5, 0.6) is 0 Å². The van der Waals surface area contributed by atoms with Crippen LogP contribution in [-0.2, 0) is 0 Å². The number of hydrogen-bond acceptors (Lipinski definition) is 4. The van der Waals surface area contributed by atoms with Crippen LogP contribution in [0.1, 0.15) is 29.1 Å². The van der Waals surface area contributed by atoms with E-state index in [0.29, 0.717) is 5.92 Å². The first kappa shape index (κ1) is 14.0. The average Bonchev–Trinajstić information content (AvgIpc) is 2.85. The van der Waals surface area contributed by atoms with Crippen LogP contribution in [0.25, 0.3) is 10.2 Å². The topological polar surface area (TPSA) is 37.8 Å². The van der Waals surface area contributed by atoms with Crippen LogP contribution in [-0.4, -0.2) is 16.5 Å². The van der Waals surface area contributed by atoms with Gasteiger partial charge in [0.05, 0.1) is 5.39 Å². The number of rotatable bonds is 4. The van der Waals surface area contributed by atoms with Crippen molar-refractivity contribution in [1.82, 2.24) is 9.97 Å². The molecule has 0 saturated heterocycles. The number of aryl methyl sites for hydroxylation is 2. The van der Waals surface area contributed by atoms with E-state index in [4.69, 9.17) is 0 Å². The van der Waals surface area contributed by atoms with Crippen LogP contribution in [0, 0.1) is 13.8 Å². The van der Waals surface area contributed by atoms with Gasteiger partial charge in [0.2, 0.25) is 0 Å². The quantitative estimate of drug-likeness (QED) is 0.769. The molecule has 0 bridgehead atoms. The summed E-state index contributed by atoms with van der Waals surface area (Å²) in [5, 5.41) is 4.62. The molecule has 0 aliphatic heterocycles. The van der Waals surface area contributed by atoms with Gasteiger partial charge in [-0.3, -0.25) is 0 Å². The van der Waals surface area contributed by atoms with Crippen molar-refractivity contribution in [3.05, 3.63) is 52.7 Å². The molecule has 0 spiro atoms. The Balaban J connectivity index is 1.82. The number of thiophene rings is 1. The van der Waals surface area contributed by atoms with E-state index >= 15 is 0 Å². The minimum absolute atomic E-state index is 0.441. The Bertz CT molecular complexity index is 749. The molecule has 2 heterocycles. The lowest BCUT2D eigenvalue weighted by molar-refractivity contribution is 0.801. The van der Waals surface area contributed by atoms with Crippen LogP contribution in [0.15, 0.2) is 36.4 Å². The molecule has 0 amide bonds. The molecule has 21 heavy (non-hydrogen) atoms. The summed E-state index contributed by atoms with van der Waals surface area (Å²) < 4.78 is 0. The van der Waals surface area contributed by atoms with E-state index in [1.54, 1.807) is 11.3 Å². The van der Waals surface area contributed by atoms with Gasteiger partial charge in [-0.1, -0.05) is 37.3 Å². The molecule has 1 aromatic carbocycles. The van der Waals surface area contributed by atoms with Gasteiger partial charge in [0, 0.05) is 11.4 Å². The summed E-state index contributed by atoms with van der Waals surface area (Å²) in [7, 11) is 0. The molecule has 4 heteroatoms. The van der Waals surface area contributed by atoms with Crippen molar-refractivity contribution in [3.8, 4) is 0 Å². The molecule has 0 aliphatic rings. The second kappa shape index (κ2) is 5.82. The molecule has 3 nitrogen and oxygen atoms in total. The largest absolute Gasteiger partial charge is 0.369 e. The second-order valence-electron chi connectivity index (χ2n) is 5.39. The Kier molecular flexibility index (Phi) is 3.88. The highest BCUT2D eigenvalue weighted by Crippen LogP contribution is 2.28. The molecule has 1 atom stereocenters. The van der Waals surface area contributed by atoms with Gasteiger partial charge >= 0.3 is 0 Å². The first-order valence-electron chi connectivity index (χ1n) is 7.17. The average molecular weight is 297 g/mol. The van der Waals surface area contributed by atoms with Crippen molar-refractivity contribution in [2.45, 2.75) is 26.7 Å². The van der Waals surface area contributed by atoms with E-state index in [0.717, 1.165) is 28.4 Å². The Labute approximate surface area is 129 Å². The molecular formula is C17H19N3S. The SMILES string of the molecule is Cc1nc(NCC(C)c2ccccc2)c2cc(C)sc2n1. The number of anilines is 1. The molecule has 0 saturated carbocycles. The van der Waals surface area contributed by atoms with Gasteiger partial charge in [0.15, 0.2) is 0 Å². The summed E-state index contributed by atoms with van der Waals surface area (Å²) >= 11 is 1.72. The van der Waals surface area contributed by atoms with Gasteiger partial charge in [-0.15, -0.1) is 11.3 Å². The van der Waals surface area contributed by atoms with Gasteiger partial charge in [-0.05, 0) is 31.4 Å². The summed E-state index contributed by atoms with van der Waals surface area (Å²) in [6, 6.07) is 12.7. The Morgan fingerprint density at radius 3 is 2.67 bits per heavy atom. The summed E-state index contributed by atoms with van der Waals surface area (Å²) in [5.41, 5.74) is 1.34. The van der Waals surface area contributed by atoms with Crippen molar-refractivity contribution in [2.75, 3.05) is 11.9 Å². The highest BCUT2D eigenvalue weighted by atomic mass is 32.1. The minimum atomic E-state index is 0.441. The number of aromatic nitrogens is 2. The van der Waals surface area contributed by atoms with Gasteiger partial charge in [-0.2, -0.15) is 0 Å². The maximum Gasteiger partial charge on any atom is 0.138 e. The van der Waals surface area contributed by atoms with Crippen molar-refractivity contribution in [1.29, 1.82) is 0 Å². The molecule has 0 fully saturated rings. The third kappa shape index (κ3) is 3.05.